The highest BCUT2D eigenvalue weighted by atomic mass is 16.5. The van der Waals surface area contributed by atoms with Gasteiger partial charge in [0.05, 0.1) is 18.4 Å². The molecule has 0 amide bonds. The minimum Gasteiger partial charge on any atom is -0.497 e. The van der Waals surface area contributed by atoms with Crippen molar-refractivity contribution < 1.29 is 9.47 Å². The minimum atomic E-state index is 0.566. The number of nitrogens with zero attached hydrogens (tertiary/aromatic N) is 1. The van der Waals surface area contributed by atoms with Crippen LogP contribution in [0, 0.1) is 17.2 Å². The summed E-state index contributed by atoms with van der Waals surface area (Å²) < 4.78 is 10.7. The molecule has 1 aromatic rings. The van der Waals surface area contributed by atoms with E-state index in [0.717, 1.165) is 37.6 Å². The van der Waals surface area contributed by atoms with E-state index in [-0.39, 0.29) is 0 Å². The third-order valence-corrected chi connectivity index (χ3v) is 2.58. The Balaban J connectivity index is 2.38. The number of hydrogen-bond acceptors (Lipinski definition) is 4. The van der Waals surface area contributed by atoms with Crippen LogP contribution in [-0.4, -0.2) is 26.9 Å². The van der Waals surface area contributed by atoms with Crippen LogP contribution < -0.4 is 10.1 Å². The highest BCUT2D eigenvalue weighted by Crippen LogP contribution is 2.21. The number of ether oxygens (including phenoxy) is 2. The van der Waals surface area contributed by atoms with Crippen molar-refractivity contribution in [1.29, 1.82) is 5.26 Å². The molecule has 104 valence electrons. The van der Waals surface area contributed by atoms with Crippen molar-refractivity contribution in [1.82, 2.24) is 0 Å². The highest BCUT2D eigenvalue weighted by Gasteiger charge is 2.03. The first-order valence-corrected chi connectivity index (χ1v) is 6.57. The van der Waals surface area contributed by atoms with E-state index < -0.39 is 0 Å². The van der Waals surface area contributed by atoms with E-state index in [1.807, 2.05) is 6.07 Å². The molecule has 0 saturated carbocycles. The highest BCUT2D eigenvalue weighted by molar-refractivity contribution is 5.60. The number of anilines is 1. The van der Waals surface area contributed by atoms with Crippen molar-refractivity contribution >= 4 is 5.69 Å². The molecule has 0 radical (unpaired) electrons. The van der Waals surface area contributed by atoms with E-state index in [4.69, 9.17) is 14.7 Å². The maximum atomic E-state index is 9.03. The van der Waals surface area contributed by atoms with Gasteiger partial charge in [-0.1, -0.05) is 13.8 Å². The lowest BCUT2D eigenvalue weighted by molar-refractivity contribution is 0.110. The zero-order valence-electron chi connectivity index (χ0n) is 11.9. The summed E-state index contributed by atoms with van der Waals surface area (Å²) in [6.45, 7) is 6.57. The molecule has 0 unspecified atom stereocenters. The molecule has 0 spiro atoms. The van der Waals surface area contributed by atoms with Gasteiger partial charge < -0.3 is 14.8 Å². The Labute approximate surface area is 115 Å². The fourth-order valence-corrected chi connectivity index (χ4v) is 1.61. The minimum absolute atomic E-state index is 0.566. The Bertz CT molecular complexity index is 425. The largest absolute Gasteiger partial charge is 0.497 e. The molecule has 1 N–H and O–H groups in total. The van der Waals surface area contributed by atoms with Crippen LogP contribution in [0.4, 0.5) is 5.69 Å². The van der Waals surface area contributed by atoms with Gasteiger partial charge in [-0.15, -0.1) is 0 Å². The van der Waals surface area contributed by atoms with Crippen LogP contribution in [0.5, 0.6) is 5.75 Å². The number of nitrogens with one attached hydrogen (secondary N) is 1. The molecule has 0 heterocycles. The summed E-state index contributed by atoms with van der Waals surface area (Å²) in [6.07, 6.45) is 0.912. The summed E-state index contributed by atoms with van der Waals surface area (Å²) in [5.74, 6) is 1.31. The summed E-state index contributed by atoms with van der Waals surface area (Å²) in [7, 11) is 1.62. The molecule has 0 atom stereocenters. The summed E-state index contributed by atoms with van der Waals surface area (Å²) >= 11 is 0. The number of benzene rings is 1. The van der Waals surface area contributed by atoms with Crippen molar-refractivity contribution in [3.05, 3.63) is 23.8 Å². The van der Waals surface area contributed by atoms with Gasteiger partial charge in [-0.05, 0) is 24.5 Å². The van der Waals surface area contributed by atoms with Crippen molar-refractivity contribution in [3.8, 4) is 11.8 Å². The van der Waals surface area contributed by atoms with Gasteiger partial charge in [-0.2, -0.15) is 5.26 Å². The van der Waals surface area contributed by atoms with Gasteiger partial charge in [0.25, 0.3) is 0 Å². The van der Waals surface area contributed by atoms with Crippen LogP contribution in [0.3, 0.4) is 0 Å². The second-order valence-electron chi connectivity index (χ2n) is 4.77. The number of nitriles is 1. The molecule has 19 heavy (non-hydrogen) atoms. The molecular formula is C15H22N2O2. The van der Waals surface area contributed by atoms with Crippen molar-refractivity contribution in [2.24, 2.45) is 5.92 Å². The van der Waals surface area contributed by atoms with E-state index in [2.05, 4.69) is 25.2 Å². The summed E-state index contributed by atoms with van der Waals surface area (Å²) in [5, 5.41) is 12.3. The molecule has 4 nitrogen and oxygen atoms in total. The first-order chi connectivity index (χ1) is 9.17. The third kappa shape index (κ3) is 5.62. The van der Waals surface area contributed by atoms with Gasteiger partial charge >= 0.3 is 0 Å². The standard InChI is InChI=1S/C15H22N2O2/c1-12(2)11-19-8-4-7-17-15-9-14(18-3)6-5-13(15)10-16/h5-6,9,12,17H,4,7-8,11H2,1-3H3. The first kappa shape index (κ1) is 15.3. The first-order valence-electron chi connectivity index (χ1n) is 6.57. The van der Waals surface area contributed by atoms with Crippen LogP contribution in [0.1, 0.15) is 25.8 Å². The average molecular weight is 262 g/mol. The molecule has 1 rings (SSSR count). The molecule has 1 aromatic carbocycles. The molecule has 0 aromatic heterocycles. The maximum Gasteiger partial charge on any atom is 0.121 e. The molecule has 0 saturated heterocycles. The van der Waals surface area contributed by atoms with Crippen molar-refractivity contribution in [2.45, 2.75) is 20.3 Å². The maximum absolute atomic E-state index is 9.03. The van der Waals surface area contributed by atoms with Crippen LogP contribution in [0.2, 0.25) is 0 Å². The van der Waals surface area contributed by atoms with Crippen LogP contribution >= 0.6 is 0 Å². The second-order valence-corrected chi connectivity index (χ2v) is 4.77. The molecule has 0 aliphatic heterocycles. The summed E-state index contributed by atoms with van der Waals surface area (Å²) in [4.78, 5) is 0. The molecule has 0 aliphatic rings. The Morgan fingerprint density at radius 2 is 2.16 bits per heavy atom. The number of hydrogen-bond donors (Lipinski definition) is 1. The fraction of sp³-hybridized carbons (Fsp3) is 0.533. The van der Waals surface area contributed by atoms with Gasteiger partial charge in [0.1, 0.15) is 11.8 Å². The summed E-state index contributed by atoms with van der Waals surface area (Å²) in [6, 6.07) is 7.55. The Morgan fingerprint density at radius 3 is 2.79 bits per heavy atom. The van der Waals surface area contributed by atoms with E-state index in [9.17, 15) is 0 Å². The Morgan fingerprint density at radius 1 is 1.37 bits per heavy atom. The molecule has 0 fully saturated rings. The quantitative estimate of drug-likeness (QED) is 0.732. The van der Waals surface area contributed by atoms with Crippen LogP contribution in [-0.2, 0) is 4.74 Å². The van der Waals surface area contributed by atoms with Crippen LogP contribution in [0.25, 0.3) is 0 Å². The zero-order valence-corrected chi connectivity index (χ0v) is 11.9. The van der Waals surface area contributed by atoms with E-state index in [1.165, 1.54) is 0 Å². The topological polar surface area (TPSA) is 54.3 Å². The van der Waals surface area contributed by atoms with E-state index in [0.29, 0.717) is 11.5 Å². The molecule has 0 aliphatic carbocycles. The second kappa shape index (κ2) is 8.39. The van der Waals surface area contributed by atoms with Gasteiger partial charge in [-0.25, -0.2) is 0 Å². The van der Waals surface area contributed by atoms with Gasteiger partial charge in [0, 0.05) is 25.8 Å². The van der Waals surface area contributed by atoms with Gasteiger partial charge in [0.15, 0.2) is 0 Å². The SMILES string of the molecule is COc1ccc(C#N)c(NCCCOCC(C)C)c1. The Kier molecular flexibility index (Phi) is 6.76. The zero-order chi connectivity index (χ0) is 14.1. The Hall–Kier alpha value is -1.73. The predicted molar refractivity (Wildman–Crippen MR) is 76.5 cm³/mol. The number of rotatable bonds is 8. The number of methoxy groups -OCH3 is 1. The normalized spacial score (nSPS) is 10.3. The van der Waals surface area contributed by atoms with E-state index in [1.54, 1.807) is 19.2 Å². The van der Waals surface area contributed by atoms with Crippen molar-refractivity contribution in [2.75, 3.05) is 32.2 Å². The van der Waals surface area contributed by atoms with E-state index >= 15 is 0 Å². The van der Waals surface area contributed by atoms with Crippen LogP contribution in [0.15, 0.2) is 18.2 Å². The lowest BCUT2D eigenvalue weighted by Crippen LogP contribution is -2.09. The lowest BCUT2D eigenvalue weighted by Gasteiger charge is -2.10. The third-order valence-electron chi connectivity index (χ3n) is 2.58. The monoisotopic (exact) mass is 262 g/mol. The molecule has 0 bridgehead atoms. The van der Waals surface area contributed by atoms with Crippen molar-refractivity contribution in [3.63, 3.8) is 0 Å². The fourth-order valence-electron chi connectivity index (χ4n) is 1.61. The van der Waals surface area contributed by atoms with Gasteiger partial charge in [-0.3, -0.25) is 0 Å². The molecular weight excluding hydrogens is 240 g/mol. The predicted octanol–water partition coefficient (Wildman–Crippen LogP) is 3.04. The lowest BCUT2D eigenvalue weighted by atomic mass is 10.2. The average Bonchev–Trinajstić information content (AvgIpc) is 2.42. The molecule has 4 heteroatoms. The van der Waals surface area contributed by atoms with Gasteiger partial charge in [0.2, 0.25) is 0 Å². The smallest absolute Gasteiger partial charge is 0.121 e. The summed E-state index contributed by atoms with van der Waals surface area (Å²) in [5.41, 5.74) is 1.44.